The van der Waals surface area contributed by atoms with Crippen molar-refractivity contribution in [1.29, 1.82) is 0 Å². The average Bonchev–Trinajstić information content (AvgIpc) is 2.40. The number of benzene rings is 1. The molecule has 1 atom stereocenters. The topological polar surface area (TPSA) is 75.6 Å². The molecule has 0 saturated carbocycles. The molecule has 0 aliphatic rings. The van der Waals surface area contributed by atoms with Gasteiger partial charge in [-0.1, -0.05) is 26.0 Å². The maximum Gasteiger partial charge on any atom is 0.308 e. The predicted molar refractivity (Wildman–Crippen MR) is 75.5 cm³/mol. The Morgan fingerprint density at radius 3 is 2.57 bits per heavy atom. The van der Waals surface area contributed by atoms with Crippen LogP contribution in [0.2, 0.25) is 0 Å². The lowest BCUT2D eigenvalue weighted by molar-refractivity contribution is -0.143. The van der Waals surface area contributed by atoms with E-state index in [-0.39, 0.29) is 37.1 Å². The predicted octanol–water partition coefficient (Wildman–Crippen LogP) is 2.07. The van der Waals surface area contributed by atoms with Crippen molar-refractivity contribution in [1.82, 2.24) is 5.32 Å². The van der Waals surface area contributed by atoms with Gasteiger partial charge in [-0.3, -0.25) is 9.59 Å². The first-order valence-corrected chi connectivity index (χ1v) is 6.78. The Morgan fingerprint density at radius 2 is 2.00 bits per heavy atom. The van der Waals surface area contributed by atoms with Crippen LogP contribution in [0, 0.1) is 17.7 Å². The Kier molecular flexibility index (Phi) is 6.65. The Balaban J connectivity index is 2.31. The summed E-state index contributed by atoms with van der Waals surface area (Å²) < 4.78 is 18.4. The molecule has 1 unspecified atom stereocenters. The second-order valence-electron chi connectivity index (χ2n) is 5.02. The van der Waals surface area contributed by atoms with Crippen LogP contribution in [0.3, 0.4) is 0 Å². The molecule has 21 heavy (non-hydrogen) atoms. The quantitative estimate of drug-likeness (QED) is 0.770. The fourth-order valence-corrected chi connectivity index (χ4v) is 1.74. The van der Waals surface area contributed by atoms with E-state index in [1.54, 1.807) is 26.0 Å². The van der Waals surface area contributed by atoms with E-state index in [1.165, 1.54) is 12.1 Å². The first-order chi connectivity index (χ1) is 9.91. The number of amides is 1. The van der Waals surface area contributed by atoms with Crippen molar-refractivity contribution < 1.29 is 23.8 Å². The number of para-hydroxylation sites is 1. The Bertz CT molecular complexity index is 490. The number of aliphatic carboxylic acids is 1. The Hall–Kier alpha value is -2.11. The first-order valence-electron chi connectivity index (χ1n) is 6.78. The fourth-order valence-electron chi connectivity index (χ4n) is 1.74. The second kappa shape index (κ2) is 8.24. The third-order valence-corrected chi connectivity index (χ3v) is 3.06. The van der Waals surface area contributed by atoms with Crippen molar-refractivity contribution in [3.05, 3.63) is 30.1 Å². The summed E-state index contributed by atoms with van der Waals surface area (Å²) in [7, 11) is 0. The van der Waals surface area contributed by atoms with E-state index in [0.717, 1.165) is 0 Å². The molecule has 0 aliphatic carbocycles. The van der Waals surface area contributed by atoms with Gasteiger partial charge in [-0.05, 0) is 18.1 Å². The summed E-state index contributed by atoms with van der Waals surface area (Å²) in [5.41, 5.74) is 0. The van der Waals surface area contributed by atoms with Gasteiger partial charge in [0.05, 0.1) is 18.9 Å². The van der Waals surface area contributed by atoms with Crippen LogP contribution >= 0.6 is 0 Å². The smallest absolute Gasteiger partial charge is 0.308 e. The third kappa shape index (κ3) is 5.81. The van der Waals surface area contributed by atoms with E-state index >= 15 is 0 Å². The zero-order valence-corrected chi connectivity index (χ0v) is 12.1. The maximum atomic E-state index is 13.3. The Morgan fingerprint density at radius 1 is 1.33 bits per heavy atom. The van der Waals surface area contributed by atoms with E-state index in [9.17, 15) is 14.0 Å². The number of carboxylic acids is 1. The minimum Gasteiger partial charge on any atom is -0.490 e. The minimum absolute atomic E-state index is 0.0339. The molecule has 6 heteroatoms. The van der Waals surface area contributed by atoms with Gasteiger partial charge in [0, 0.05) is 6.54 Å². The summed E-state index contributed by atoms with van der Waals surface area (Å²) in [6.45, 7) is 3.68. The van der Waals surface area contributed by atoms with Crippen molar-refractivity contribution >= 4 is 11.9 Å². The summed E-state index contributed by atoms with van der Waals surface area (Å²) in [5.74, 6) is -2.34. The molecule has 0 aliphatic heterocycles. The van der Waals surface area contributed by atoms with E-state index in [4.69, 9.17) is 9.84 Å². The first kappa shape index (κ1) is 16.9. The molecule has 5 nitrogen and oxygen atoms in total. The van der Waals surface area contributed by atoms with Crippen LogP contribution < -0.4 is 10.1 Å². The highest BCUT2D eigenvalue weighted by atomic mass is 19.1. The van der Waals surface area contributed by atoms with Crippen LogP contribution in [0.5, 0.6) is 5.75 Å². The number of carbonyl (C=O) groups is 2. The number of hydrogen-bond donors (Lipinski definition) is 2. The van der Waals surface area contributed by atoms with Crippen molar-refractivity contribution in [3.63, 3.8) is 0 Å². The van der Waals surface area contributed by atoms with Crippen LogP contribution in [0.4, 0.5) is 4.39 Å². The normalized spacial score (nSPS) is 12.0. The highest BCUT2D eigenvalue weighted by Gasteiger charge is 2.21. The number of rotatable bonds is 8. The van der Waals surface area contributed by atoms with Gasteiger partial charge in [-0.15, -0.1) is 0 Å². The minimum atomic E-state index is -0.937. The summed E-state index contributed by atoms with van der Waals surface area (Å²) in [6, 6.07) is 5.94. The molecule has 0 radical (unpaired) electrons. The number of hydrogen-bond acceptors (Lipinski definition) is 3. The lowest BCUT2D eigenvalue weighted by Gasteiger charge is -2.16. The van der Waals surface area contributed by atoms with Gasteiger partial charge in [0.25, 0.3) is 0 Å². The van der Waals surface area contributed by atoms with Gasteiger partial charge in [-0.2, -0.15) is 0 Å². The summed E-state index contributed by atoms with van der Waals surface area (Å²) >= 11 is 0. The second-order valence-corrected chi connectivity index (χ2v) is 5.02. The zero-order chi connectivity index (χ0) is 15.8. The van der Waals surface area contributed by atoms with Crippen molar-refractivity contribution in [2.75, 3.05) is 13.2 Å². The average molecular weight is 297 g/mol. The molecule has 1 amide bonds. The molecule has 0 saturated heterocycles. The molecular formula is C15H20FNO4. The van der Waals surface area contributed by atoms with Gasteiger partial charge >= 0.3 is 5.97 Å². The monoisotopic (exact) mass is 297 g/mol. The standard InChI is InChI=1S/C15H20FNO4/c1-10(2)11(15(19)20)9-17-14(18)7-8-21-13-6-4-3-5-12(13)16/h3-6,10-11H,7-9H2,1-2H3,(H,17,18)(H,19,20). The van der Waals surface area contributed by atoms with Crippen LogP contribution in [0.1, 0.15) is 20.3 Å². The van der Waals surface area contributed by atoms with Gasteiger partial charge in [-0.25, -0.2) is 4.39 Å². The molecule has 0 heterocycles. The van der Waals surface area contributed by atoms with Crippen molar-refractivity contribution in [3.8, 4) is 5.75 Å². The van der Waals surface area contributed by atoms with E-state index in [1.807, 2.05) is 0 Å². The van der Waals surface area contributed by atoms with Crippen LogP contribution in [-0.4, -0.2) is 30.1 Å². The van der Waals surface area contributed by atoms with E-state index in [0.29, 0.717) is 0 Å². The molecule has 116 valence electrons. The molecular weight excluding hydrogens is 277 g/mol. The molecule has 0 spiro atoms. The number of nitrogens with one attached hydrogen (secondary N) is 1. The highest BCUT2D eigenvalue weighted by molar-refractivity contribution is 5.77. The number of ether oxygens (including phenoxy) is 1. The van der Waals surface area contributed by atoms with Crippen LogP contribution in [0.15, 0.2) is 24.3 Å². The zero-order valence-electron chi connectivity index (χ0n) is 12.1. The van der Waals surface area contributed by atoms with Crippen LogP contribution in [0.25, 0.3) is 0 Å². The van der Waals surface area contributed by atoms with Gasteiger partial charge in [0.2, 0.25) is 5.91 Å². The SMILES string of the molecule is CC(C)C(CNC(=O)CCOc1ccccc1F)C(=O)O. The summed E-state index contributed by atoms with van der Waals surface area (Å²) in [4.78, 5) is 22.6. The lowest BCUT2D eigenvalue weighted by Crippen LogP contribution is -2.36. The summed E-state index contributed by atoms with van der Waals surface area (Å²) in [6.07, 6.45) is 0.0404. The molecule has 1 aromatic carbocycles. The highest BCUT2D eigenvalue weighted by Crippen LogP contribution is 2.15. The molecule has 0 bridgehead atoms. The van der Waals surface area contributed by atoms with Crippen molar-refractivity contribution in [2.24, 2.45) is 11.8 Å². The molecule has 0 aromatic heterocycles. The fraction of sp³-hybridized carbons (Fsp3) is 0.467. The molecule has 1 rings (SSSR count). The Labute approximate surface area is 123 Å². The molecule has 2 N–H and O–H groups in total. The van der Waals surface area contributed by atoms with Gasteiger partial charge < -0.3 is 15.2 Å². The summed E-state index contributed by atoms with van der Waals surface area (Å²) in [5, 5.41) is 11.5. The lowest BCUT2D eigenvalue weighted by atomic mass is 9.96. The van der Waals surface area contributed by atoms with E-state index in [2.05, 4.69) is 5.32 Å². The third-order valence-electron chi connectivity index (χ3n) is 3.06. The van der Waals surface area contributed by atoms with Gasteiger partial charge in [0.1, 0.15) is 0 Å². The maximum absolute atomic E-state index is 13.3. The largest absolute Gasteiger partial charge is 0.490 e. The van der Waals surface area contributed by atoms with Gasteiger partial charge in [0.15, 0.2) is 11.6 Å². The number of carboxylic acid groups (broad SMARTS) is 1. The van der Waals surface area contributed by atoms with E-state index < -0.39 is 17.7 Å². The molecule has 0 fully saturated rings. The van der Waals surface area contributed by atoms with Crippen molar-refractivity contribution in [2.45, 2.75) is 20.3 Å². The molecule has 1 aromatic rings. The number of halogens is 1. The van der Waals surface area contributed by atoms with Crippen LogP contribution in [-0.2, 0) is 9.59 Å². The number of carbonyl (C=O) groups excluding carboxylic acids is 1.